The van der Waals surface area contributed by atoms with Crippen molar-refractivity contribution in [1.29, 1.82) is 0 Å². The number of rotatable bonds is 5. The van der Waals surface area contributed by atoms with Crippen molar-refractivity contribution < 1.29 is 4.79 Å². The number of nitrogens with zero attached hydrogens (tertiary/aromatic N) is 2. The van der Waals surface area contributed by atoms with Crippen LogP contribution in [0.3, 0.4) is 0 Å². The van der Waals surface area contributed by atoms with Gasteiger partial charge < -0.3 is 0 Å². The normalized spacial score (nSPS) is 10.5. The predicted molar refractivity (Wildman–Crippen MR) is 71.1 cm³/mol. The third-order valence-electron chi connectivity index (χ3n) is 2.58. The molecule has 0 bridgehead atoms. The molecule has 2 rings (SSSR count). The molecular weight excluding hydrogens is 248 g/mol. The van der Waals surface area contributed by atoms with Crippen LogP contribution in [0.25, 0.3) is 0 Å². The highest BCUT2D eigenvalue weighted by Crippen LogP contribution is 2.12. The van der Waals surface area contributed by atoms with Gasteiger partial charge in [0.1, 0.15) is 0 Å². The van der Waals surface area contributed by atoms with Gasteiger partial charge in [-0.3, -0.25) is 9.59 Å². The molecule has 2 aromatic heterocycles. The van der Waals surface area contributed by atoms with Crippen molar-refractivity contribution >= 4 is 17.1 Å². The molecule has 94 valence electrons. The molecule has 2 aromatic rings. The highest BCUT2D eigenvalue weighted by atomic mass is 32.1. The van der Waals surface area contributed by atoms with E-state index in [2.05, 4.69) is 5.10 Å². The maximum Gasteiger partial charge on any atom is 0.266 e. The number of hydrogen-bond donors (Lipinski definition) is 0. The maximum atomic E-state index is 11.7. The fourth-order valence-corrected chi connectivity index (χ4v) is 2.34. The van der Waals surface area contributed by atoms with Crippen LogP contribution in [0, 0.1) is 6.92 Å². The third-order valence-corrected chi connectivity index (χ3v) is 3.49. The summed E-state index contributed by atoms with van der Waals surface area (Å²) < 4.78 is 1.40. The first-order chi connectivity index (χ1) is 8.66. The van der Waals surface area contributed by atoms with E-state index in [4.69, 9.17) is 0 Å². The van der Waals surface area contributed by atoms with Crippen molar-refractivity contribution in [3.05, 3.63) is 50.6 Å². The molecule has 0 aliphatic carbocycles. The number of aromatic nitrogens is 2. The SMILES string of the molecule is Cc1cnn(CCCC(=O)c2cccs2)c(=O)c1. The van der Waals surface area contributed by atoms with Gasteiger partial charge >= 0.3 is 0 Å². The average Bonchev–Trinajstić information content (AvgIpc) is 2.85. The molecule has 0 spiro atoms. The number of carbonyl (C=O) groups is 1. The molecule has 0 amide bonds. The first kappa shape index (κ1) is 12.7. The third kappa shape index (κ3) is 3.13. The summed E-state index contributed by atoms with van der Waals surface area (Å²) in [5.41, 5.74) is 0.740. The van der Waals surface area contributed by atoms with Gasteiger partial charge in [-0.25, -0.2) is 4.68 Å². The Labute approximate surface area is 109 Å². The van der Waals surface area contributed by atoms with Crippen LogP contribution in [0.5, 0.6) is 0 Å². The largest absolute Gasteiger partial charge is 0.293 e. The van der Waals surface area contributed by atoms with E-state index in [9.17, 15) is 9.59 Å². The molecule has 4 nitrogen and oxygen atoms in total. The second-order valence-electron chi connectivity index (χ2n) is 4.10. The Morgan fingerprint density at radius 1 is 1.50 bits per heavy atom. The quantitative estimate of drug-likeness (QED) is 0.777. The minimum atomic E-state index is -0.112. The van der Waals surface area contributed by atoms with Gasteiger partial charge in [-0.2, -0.15) is 5.10 Å². The van der Waals surface area contributed by atoms with Crippen LogP contribution < -0.4 is 5.56 Å². The van der Waals surface area contributed by atoms with E-state index in [1.165, 1.54) is 16.0 Å². The van der Waals surface area contributed by atoms with Crippen molar-refractivity contribution in [2.24, 2.45) is 0 Å². The van der Waals surface area contributed by atoms with Gasteiger partial charge in [0.15, 0.2) is 5.78 Å². The van der Waals surface area contributed by atoms with Gasteiger partial charge in [0.25, 0.3) is 5.56 Å². The van der Waals surface area contributed by atoms with Crippen molar-refractivity contribution in [3.63, 3.8) is 0 Å². The molecule has 0 atom stereocenters. The maximum absolute atomic E-state index is 11.7. The number of carbonyl (C=O) groups excluding carboxylic acids is 1. The van der Waals surface area contributed by atoms with Gasteiger partial charge in [0, 0.05) is 19.0 Å². The van der Waals surface area contributed by atoms with Crippen LogP contribution in [0.1, 0.15) is 28.1 Å². The first-order valence-electron chi connectivity index (χ1n) is 5.77. The van der Waals surface area contributed by atoms with E-state index >= 15 is 0 Å². The van der Waals surface area contributed by atoms with Crippen LogP contribution in [0.15, 0.2) is 34.6 Å². The first-order valence-corrected chi connectivity index (χ1v) is 6.65. The zero-order valence-electron chi connectivity index (χ0n) is 10.1. The fraction of sp³-hybridized carbons (Fsp3) is 0.308. The molecule has 0 unspecified atom stereocenters. The molecule has 0 aliphatic heterocycles. The minimum absolute atomic E-state index is 0.112. The zero-order valence-corrected chi connectivity index (χ0v) is 10.9. The van der Waals surface area contributed by atoms with Gasteiger partial charge in [0.2, 0.25) is 0 Å². The smallest absolute Gasteiger partial charge is 0.266 e. The summed E-state index contributed by atoms with van der Waals surface area (Å²) >= 11 is 1.45. The van der Waals surface area contributed by atoms with Crippen LogP contribution in [0.2, 0.25) is 0 Å². The van der Waals surface area contributed by atoms with E-state index in [1.54, 1.807) is 12.3 Å². The standard InChI is InChI=1S/C13H14N2O2S/c1-10-8-13(17)15(14-9-10)6-2-4-11(16)12-5-3-7-18-12/h3,5,7-9H,2,4,6H2,1H3. The Balaban J connectivity index is 1.89. The number of Topliss-reactive ketones (excluding diaryl/α,β-unsaturated/α-hetero) is 1. The molecule has 0 N–H and O–H groups in total. The summed E-state index contributed by atoms with van der Waals surface area (Å²) in [5.74, 6) is 0.130. The van der Waals surface area contributed by atoms with Crippen molar-refractivity contribution in [2.45, 2.75) is 26.3 Å². The summed E-state index contributed by atoms with van der Waals surface area (Å²) in [5, 5.41) is 5.92. The highest BCUT2D eigenvalue weighted by molar-refractivity contribution is 7.12. The molecule has 0 saturated heterocycles. The van der Waals surface area contributed by atoms with Crippen molar-refractivity contribution in [3.8, 4) is 0 Å². The lowest BCUT2D eigenvalue weighted by Crippen LogP contribution is -2.22. The second kappa shape index (κ2) is 5.73. The predicted octanol–water partition coefficient (Wildman–Crippen LogP) is 2.28. The topological polar surface area (TPSA) is 52.0 Å². The molecule has 5 heteroatoms. The monoisotopic (exact) mass is 262 g/mol. The zero-order chi connectivity index (χ0) is 13.0. The van der Waals surface area contributed by atoms with Gasteiger partial charge in [-0.05, 0) is 30.4 Å². The molecule has 0 radical (unpaired) electrons. The Morgan fingerprint density at radius 2 is 2.33 bits per heavy atom. The fourth-order valence-electron chi connectivity index (χ4n) is 1.64. The lowest BCUT2D eigenvalue weighted by molar-refractivity contribution is 0.0982. The second-order valence-corrected chi connectivity index (χ2v) is 5.05. The molecule has 0 fully saturated rings. The van der Waals surface area contributed by atoms with E-state index in [1.807, 2.05) is 24.4 Å². The molecule has 0 saturated carbocycles. The molecule has 18 heavy (non-hydrogen) atoms. The summed E-state index contributed by atoms with van der Waals surface area (Å²) in [6.07, 6.45) is 2.73. The van der Waals surface area contributed by atoms with Crippen LogP contribution in [-0.2, 0) is 6.54 Å². The van der Waals surface area contributed by atoms with Gasteiger partial charge in [0.05, 0.1) is 11.1 Å². The van der Waals surface area contributed by atoms with E-state index < -0.39 is 0 Å². The van der Waals surface area contributed by atoms with E-state index in [0.29, 0.717) is 19.4 Å². The molecule has 0 aromatic carbocycles. The Morgan fingerprint density at radius 3 is 3.00 bits per heavy atom. The molecule has 0 aliphatic rings. The Kier molecular flexibility index (Phi) is 4.04. The lowest BCUT2D eigenvalue weighted by atomic mass is 10.2. The average molecular weight is 262 g/mol. The number of hydrogen-bond acceptors (Lipinski definition) is 4. The number of thiophene rings is 1. The lowest BCUT2D eigenvalue weighted by Gasteiger charge is -2.03. The van der Waals surface area contributed by atoms with E-state index in [-0.39, 0.29) is 11.3 Å². The summed E-state index contributed by atoms with van der Waals surface area (Å²) in [6, 6.07) is 5.24. The van der Waals surface area contributed by atoms with Gasteiger partial charge in [-0.1, -0.05) is 6.07 Å². The highest BCUT2D eigenvalue weighted by Gasteiger charge is 2.06. The Hall–Kier alpha value is -1.75. The van der Waals surface area contributed by atoms with Crippen molar-refractivity contribution in [2.75, 3.05) is 0 Å². The minimum Gasteiger partial charge on any atom is -0.293 e. The van der Waals surface area contributed by atoms with Crippen LogP contribution in [-0.4, -0.2) is 15.6 Å². The number of ketones is 1. The summed E-state index contributed by atoms with van der Waals surface area (Å²) in [7, 11) is 0. The number of aryl methyl sites for hydroxylation is 2. The van der Waals surface area contributed by atoms with Crippen LogP contribution >= 0.6 is 11.3 Å². The van der Waals surface area contributed by atoms with Crippen molar-refractivity contribution in [1.82, 2.24) is 9.78 Å². The summed E-state index contributed by atoms with van der Waals surface area (Å²) in [4.78, 5) is 24.1. The van der Waals surface area contributed by atoms with E-state index in [0.717, 1.165) is 10.4 Å². The Bertz CT molecular complexity index is 587. The molecule has 2 heterocycles. The summed E-state index contributed by atoms with van der Waals surface area (Å²) in [6.45, 7) is 2.31. The molecular formula is C13H14N2O2S. The van der Waals surface area contributed by atoms with Crippen LogP contribution in [0.4, 0.5) is 0 Å². The van der Waals surface area contributed by atoms with Gasteiger partial charge in [-0.15, -0.1) is 11.3 Å².